The van der Waals surface area contributed by atoms with Crippen LogP contribution in [-0.2, 0) is 4.87 Å². The summed E-state index contributed by atoms with van der Waals surface area (Å²) >= 11 is 6.83. The van der Waals surface area contributed by atoms with Crippen LogP contribution >= 0.6 is 11.6 Å². The molecule has 0 saturated carbocycles. The fourth-order valence-corrected chi connectivity index (χ4v) is 3.53. The molecule has 3 heterocycles. The molecule has 0 radical (unpaired) electrons. The number of hydrogen-bond donors (Lipinski definition) is 0. The fourth-order valence-electron chi connectivity index (χ4n) is 3.00. The quantitative estimate of drug-likeness (QED) is 0.699. The summed E-state index contributed by atoms with van der Waals surface area (Å²) in [5.74, 6) is 0.545. The molecule has 1 aromatic heterocycles. The molecule has 3 unspecified atom stereocenters. The standard InChI is InChI=1S/C12H16ClN3/c1-8-5-14-9(2)11(15-8)12(13)7-16-4-3-10(12)6-16/h5,10H,3-4,6-7H2,1-2H3. The van der Waals surface area contributed by atoms with Crippen LogP contribution in [-0.4, -0.2) is 34.5 Å². The van der Waals surface area contributed by atoms with Gasteiger partial charge in [0.05, 0.1) is 17.1 Å². The summed E-state index contributed by atoms with van der Waals surface area (Å²) in [6.07, 6.45) is 3.01. The highest BCUT2D eigenvalue weighted by molar-refractivity contribution is 6.24. The second kappa shape index (κ2) is 3.41. The molecule has 86 valence electrons. The summed E-state index contributed by atoms with van der Waals surface area (Å²) in [6.45, 7) is 7.23. The summed E-state index contributed by atoms with van der Waals surface area (Å²) < 4.78 is 0. The molecule has 0 N–H and O–H groups in total. The van der Waals surface area contributed by atoms with Crippen molar-refractivity contribution in [2.45, 2.75) is 25.1 Å². The van der Waals surface area contributed by atoms with E-state index in [-0.39, 0.29) is 4.87 Å². The van der Waals surface area contributed by atoms with Gasteiger partial charge in [0.1, 0.15) is 4.87 Å². The van der Waals surface area contributed by atoms with Gasteiger partial charge in [-0.3, -0.25) is 9.97 Å². The van der Waals surface area contributed by atoms with Gasteiger partial charge in [-0.15, -0.1) is 11.6 Å². The van der Waals surface area contributed by atoms with E-state index in [0.29, 0.717) is 5.92 Å². The van der Waals surface area contributed by atoms with E-state index >= 15 is 0 Å². The smallest absolute Gasteiger partial charge is 0.105 e. The number of aromatic nitrogens is 2. The zero-order valence-corrected chi connectivity index (χ0v) is 10.5. The van der Waals surface area contributed by atoms with E-state index in [2.05, 4.69) is 14.9 Å². The largest absolute Gasteiger partial charge is 0.301 e. The van der Waals surface area contributed by atoms with Crippen molar-refractivity contribution >= 4 is 11.6 Å². The van der Waals surface area contributed by atoms with Crippen LogP contribution in [0.25, 0.3) is 0 Å². The molecule has 2 bridgehead atoms. The lowest BCUT2D eigenvalue weighted by atomic mass is 9.87. The maximum Gasteiger partial charge on any atom is 0.105 e. The molecule has 2 aliphatic rings. The van der Waals surface area contributed by atoms with E-state index in [0.717, 1.165) is 30.2 Å². The number of rotatable bonds is 1. The number of fused-ring (bicyclic) bond motifs is 2. The number of halogens is 1. The third-order valence-corrected chi connectivity index (χ3v) is 4.45. The lowest BCUT2D eigenvalue weighted by molar-refractivity contribution is 0.319. The van der Waals surface area contributed by atoms with Crippen molar-refractivity contribution in [2.75, 3.05) is 19.6 Å². The molecule has 0 amide bonds. The molecular weight excluding hydrogens is 222 g/mol. The van der Waals surface area contributed by atoms with E-state index in [1.807, 2.05) is 20.0 Å². The minimum absolute atomic E-state index is 0.290. The predicted molar refractivity (Wildman–Crippen MR) is 63.6 cm³/mol. The van der Waals surface area contributed by atoms with Gasteiger partial charge in [0.2, 0.25) is 0 Å². The number of nitrogens with zero attached hydrogens (tertiary/aromatic N) is 3. The van der Waals surface area contributed by atoms with Gasteiger partial charge in [-0.2, -0.15) is 0 Å². The minimum atomic E-state index is -0.290. The molecule has 0 aromatic carbocycles. The molecule has 3 rings (SSSR count). The second-order valence-corrected chi connectivity index (χ2v) is 5.70. The van der Waals surface area contributed by atoms with Crippen LogP contribution in [0.2, 0.25) is 0 Å². The average molecular weight is 238 g/mol. The molecule has 3 atom stereocenters. The Balaban J connectivity index is 2.06. The Bertz CT molecular complexity index is 434. The van der Waals surface area contributed by atoms with Crippen molar-refractivity contribution in [1.82, 2.24) is 14.9 Å². The topological polar surface area (TPSA) is 29.0 Å². The monoisotopic (exact) mass is 237 g/mol. The number of aryl methyl sites for hydroxylation is 2. The van der Waals surface area contributed by atoms with Crippen molar-refractivity contribution in [1.29, 1.82) is 0 Å². The Kier molecular flexibility index (Phi) is 2.23. The Labute approximate surface area is 101 Å². The zero-order valence-electron chi connectivity index (χ0n) is 9.70. The maximum absolute atomic E-state index is 6.83. The highest BCUT2D eigenvalue weighted by Gasteiger charge is 2.51. The molecule has 3 nitrogen and oxygen atoms in total. The minimum Gasteiger partial charge on any atom is -0.301 e. The first-order valence-electron chi connectivity index (χ1n) is 5.81. The second-order valence-electron chi connectivity index (χ2n) is 5.03. The van der Waals surface area contributed by atoms with Gasteiger partial charge in [-0.25, -0.2) is 0 Å². The summed E-state index contributed by atoms with van der Waals surface area (Å²) in [5, 5.41) is 0. The van der Waals surface area contributed by atoms with Crippen molar-refractivity contribution < 1.29 is 0 Å². The highest BCUT2D eigenvalue weighted by atomic mass is 35.5. The van der Waals surface area contributed by atoms with Crippen molar-refractivity contribution in [3.8, 4) is 0 Å². The van der Waals surface area contributed by atoms with Gasteiger partial charge in [0.15, 0.2) is 0 Å². The Morgan fingerprint density at radius 2 is 2.31 bits per heavy atom. The fraction of sp³-hybridized carbons (Fsp3) is 0.667. The van der Waals surface area contributed by atoms with E-state index in [1.165, 1.54) is 13.0 Å². The normalized spacial score (nSPS) is 36.9. The first kappa shape index (κ1) is 10.5. The van der Waals surface area contributed by atoms with E-state index < -0.39 is 0 Å². The van der Waals surface area contributed by atoms with Gasteiger partial charge < -0.3 is 4.90 Å². The highest BCUT2D eigenvalue weighted by Crippen LogP contribution is 2.48. The lowest BCUT2D eigenvalue weighted by Gasteiger charge is -2.31. The van der Waals surface area contributed by atoms with Crippen molar-refractivity contribution in [3.63, 3.8) is 0 Å². The van der Waals surface area contributed by atoms with Gasteiger partial charge in [-0.05, 0) is 32.7 Å². The maximum atomic E-state index is 6.83. The van der Waals surface area contributed by atoms with Gasteiger partial charge in [0, 0.05) is 19.3 Å². The van der Waals surface area contributed by atoms with Crippen LogP contribution < -0.4 is 0 Å². The van der Waals surface area contributed by atoms with Gasteiger partial charge in [0.25, 0.3) is 0 Å². The summed E-state index contributed by atoms with van der Waals surface area (Å²) in [4.78, 5) is 11.2. The van der Waals surface area contributed by atoms with Crippen molar-refractivity contribution in [3.05, 3.63) is 23.3 Å². The molecular formula is C12H16ClN3. The molecule has 2 fully saturated rings. The van der Waals surface area contributed by atoms with Crippen LogP contribution in [0.15, 0.2) is 6.20 Å². The molecule has 16 heavy (non-hydrogen) atoms. The predicted octanol–water partition coefficient (Wildman–Crippen LogP) is 1.86. The lowest BCUT2D eigenvalue weighted by Crippen LogP contribution is -2.36. The van der Waals surface area contributed by atoms with E-state index in [1.54, 1.807) is 0 Å². The number of hydrogen-bond acceptors (Lipinski definition) is 3. The average Bonchev–Trinajstić information content (AvgIpc) is 2.81. The van der Waals surface area contributed by atoms with Crippen LogP contribution in [0.5, 0.6) is 0 Å². The van der Waals surface area contributed by atoms with Crippen LogP contribution in [0, 0.1) is 19.8 Å². The first-order chi connectivity index (χ1) is 7.59. The molecule has 2 saturated heterocycles. The molecule has 2 aliphatic heterocycles. The summed E-state index contributed by atoms with van der Waals surface area (Å²) in [5.41, 5.74) is 2.94. The van der Waals surface area contributed by atoms with Crippen LogP contribution in [0.1, 0.15) is 23.5 Å². The molecule has 4 heteroatoms. The molecule has 0 aliphatic carbocycles. The zero-order chi connectivity index (χ0) is 11.3. The Hall–Kier alpha value is -0.670. The van der Waals surface area contributed by atoms with Crippen LogP contribution in [0.3, 0.4) is 0 Å². The number of piperidine rings is 1. The van der Waals surface area contributed by atoms with E-state index in [9.17, 15) is 0 Å². The third kappa shape index (κ3) is 1.38. The number of alkyl halides is 1. The Morgan fingerprint density at radius 1 is 1.50 bits per heavy atom. The third-order valence-electron chi connectivity index (χ3n) is 3.84. The van der Waals surface area contributed by atoms with Gasteiger partial charge in [-0.1, -0.05) is 0 Å². The summed E-state index contributed by atoms with van der Waals surface area (Å²) in [7, 11) is 0. The van der Waals surface area contributed by atoms with E-state index in [4.69, 9.17) is 11.6 Å². The molecule has 1 aromatic rings. The molecule has 0 spiro atoms. The summed E-state index contributed by atoms with van der Waals surface area (Å²) in [6, 6.07) is 0. The first-order valence-corrected chi connectivity index (χ1v) is 6.19. The SMILES string of the molecule is Cc1cnc(C)c(C2(Cl)CN3CCC2C3)n1. The van der Waals surface area contributed by atoms with Gasteiger partial charge >= 0.3 is 0 Å². The van der Waals surface area contributed by atoms with Crippen molar-refractivity contribution in [2.24, 2.45) is 5.92 Å². The Morgan fingerprint density at radius 3 is 2.94 bits per heavy atom. The van der Waals surface area contributed by atoms with Crippen LogP contribution in [0.4, 0.5) is 0 Å².